The number of aliphatic hydroxyl groups is 1. The maximum absolute atomic E-state index is 12.9. The highest BCUT2D eigenvalue weighted by atomic mass is 35.5. The van der Waals surface area contributed by atoms with Crippen molar-refractivity contribution in [3.8, 4) is 0 Å². The second kappa shape index (κ2) is 9.97. The van der Waals surface area contributed by atoms with Crippen LogP contribution >= 0.6 is 12.4 Å². The van der Waals surface area contributed by atoms with E-state index >= 15 is 0 Å². The summed E-state index contributed by atoms with van der Waals surface area (Å²) < 4.78 is 12.9. The molecule has 0 saturated heterocycles. The zero-order valence-corrected chi connectivity index (χ0v) is 14.9. The molecule has 0 radical (unpaired) electrons. The van der Waals surface area contributed by atoms with Crippen molar-refractivity contribution < 1.29 is 14.3 Å². The number of nitrogens with two attached hydrogens (primary N) is 1. The van der Waals surface area contributed by atoms with E-state index in [1.165, 1.54) is 31.4 Å². The predicted molar refractivity (Wildman–Crippen MR) is 95.4 cm³/mol. The van der Waals surface area contributed by atoms with E-state index in [4.69, 9.17) is 5.73 Å². The lowest BCUT2D eigenvalue weighted by atomic mass is 9.84. The molecule has 4 nitrogen and oxygen atoms in total. The Morgan fingerprint density at radius 1 is 1.29 bits per heavy atom. The zero-order chi connectivity index (χ0) is 16.8. The Hall–Kier alpha value is -1.17. The van der Waals surface area contributed by atoms with Gasteiger partial charge in [0.05, 0.1) is 6.04 Å². The molecular weight excluding hydrogens is 331 g/mol. The summed E-state index contributed by atoms with van der Waals surface area (Å²) in [5.74, 6) is -0.275. The summed E-state index contributed by atoms with van der Waals surface area (Å²) in [7, 11) is 0. The quantitative estimate of drug-likeness (QED) is 0.731. The minimum Gasteiger partial charge on any atom is -0.382 e. The maximum Gasteiger partial charge on any atom is 0.250 e. The lowest BCUT2D eigenvalue weighted by molar-refractivity contribution is -0.131. The van der Waals surface area contributed by atoms with Crippen LogP contribution in [0.25, 0.3) is 0 Å². The number of rotatable bonds is 6. The van der Waals surface area contributed by atoms with Crippen molar-refractivity contribution in [2.45, 2.75) is 63.6 Å². The third kappa shape index (κ3) is 6.04. The number of carbonyl (C=O) groups excluding carboxylic acids is 1. The molecule has 1 aliphatic rings. The molecule has 2 rings (SSSR count). The van der Waals surface area contributed by atoms with Gasteiger partial charge in [0.15, 0.2) is 0 Å². The fourth-order valence-corrected chi connectivity index (χ4v) is 3.26. The molecule has 24 heavy (non-hydrogen) atoms. The van der Waals surface area contributed by atoms with E-state index in [2.05, 4.69) is 5.32 Å². The molecule has 0 spiro atoms. The molecule has 1 aliphatic carbocycles. The average Bonchev–Trinajstić information content (AvgIpc) is 2.55. The van der Waals surface area contributed by atoms with Gasteiger partial charge in [-0.15, -0.1) is 12.4 Å². The van der Waals surface area contributed by atoms with Crippen molar-refractivity contribution in [2.75, 3.05) is 0 Å². The van der Waals surface area contributed by atoms with Crippen molar-refractivity contribution in [1.29, 1.82) is 0 Å². The second-order valence-electron chi connectivity index (χ2n) is 6.63. The molecule has 0 heterocycles. The first-order chi connectivity index (χ1) is 11.0. The fraction of sp³-hybridized carbons (Fsp3) is 0.611. The molecule has 1 aromatic rings. The van der Waals surface area contributed by atoms with Crippen LogP contribution in [0.15, 0.2) is 24.3 Å². The van der Waals surface area contributed by atoms with E-state index in [1.54, 1.807) is 19.1 Å². The maximum atomic E-state index is 12.9. The minimum atomic E-state index is -1.21. The summed E-state index contributed by atoms with van der Waals surface area (Å²) in [5.41, 5.74) is 6.81. The second-order valence-corrected chi connectivity index (χ2v) is 6.63. The lowest BCUT2D eigenvalue weighted by Gasteiger charge is -2.27. The van der Waals surface area contributed by atoms with Gasteiger partial charge in [0, 0.05) is 6.04 Å². The third-order valence-corrected chi connectivity index (χ3v) is 4.73. The highest BCUT2D eigenvalue weighted by Gasteiger charge is 2.27. The van der Waals surface area contributed by atoms with Gasteiger partial charge in [-0.1, -0.05) is 44.2 Å². The number of nitrogens with one attached hydrogen (secondary N) is 1. The molecule has 1 amide bonds. The number of halogens is 2. The number of benzene rings is 1. The highest BCUT2D eigenvalue weighted by molar-refractivity contribution is 5.85. The summed E-state index contributed by atoms with van der Waals surface area (Å²) in [4.78, 5) is 12.2. The zero-order valence-electron chi connectivity index (χ0n) is 14.1. The monoisotopic (exact) mass is 358 g/mol. The molecule has 1 aromatic carbocycles. The van der Waals surface area contributed by atoms with Gasteiger partial charge in [-0.3, -0.25) is 4.79 Å². The van der Waals surface area contributed by atoms with Crippen LogP contribution in [0.2, 0.25) is 0 Å². The van der Waals surface area contributed by atoms with Gasteiger partial charge in [0.25, 0.3) is 5.91 Å². The number of amides is 1. The van der Waals surface area contributed by atoms with Crippen LogP contribution in [0.4, 0.5) is 4.39 Å². The molecule has 4 N–H and O–H groups in total. The van der Waals surface area contributed by atoms with Crippen molar-refractivity contribution in [3.05, 3.63) is 35.6 Å². The van der Waals surface area contributed by atoms with Gasteiger partial charge in [0.2, 0.25) is 0 Å². The van der Waals surface area contributed by atoms with E-state index in [1.807, 2.05) is 0 Å². The molecule has 3 atom stereocenters. The largest absolute Gasteiger partial charge is 0.382 e. The Morgan fingerprint density at radius 2 is 1.88 bits per heavy atom. The van der Waals surface area contributed by atoms with Gasteiger partial charge < -0.3 is 16.2 Å². The first-order valence-electron chi connectivity index (χ1n) is 8.47. The third-order valence-electron chi connectivity index (χ3n) is 4.73. The molecule has 2 unspecified atom stereocenters. The summed E-state index contributed by atoms with van der Waals surface area (Å²) in [6, 6.07) is 5.09. The Labute approximate surface area is 149 Å². The molecule has 0 aromatic heterocycles. The van der Waals surface area contributed by atoms with Crippen LogP contribution in [0, 0.1) is 11.7 Å². The van der Waals surface area contributed by atoms with Crippen LogP contribution in [0.5, 0.6) is 0 Å². The van der Waals surface area contributed by atoms with Crippen LogP contribution in [0.1, 0.15) is 57.1 Å². The van der Waals surface area contributed by atoms with Gasteiger partial charge in [-0.2, -0.15) is 0 Å². The van der Waals surface area contributed by atoms with Crippen LogP contribution in [-0.2, 0) is 4.79 Å². The summed E-state index contributed by atoms with van der Waals surface area (Å²) in [6.45, 7) is 1.80. The van der Waals surface area contributed by atoms with Crippen LogP contribution < -0.4 is 11.1 Å². The Kier molecular flexibility index (Phi) is 8.67. The number of hydrogen-bond acceptors (Lipinski definition) is 3. The summed E-state index contributed by atoms with van der Waals surface area (Å²) in [6.07, 6.45) is 5.42. The highest BCUT2D eigenvalue weighted by Crippen LogP contribution is 2.27. The fourth-order valence-electron chi connectivity index (χ4n) is 3.26. The minimum absolute atomic E-state index is 0. The SMILES string of the molecule is CC(NC(=O)C(O)[C@H](N)CC1CCCCC1)c1ccc(F)cc1.Cl. The van der Waals surface area contributed by atoms with E-state index in [0.29, 0.717) is 12.3 Å². The predicted octanol–water partition coefficient (Wildman–Crippen LogP) is 3.08. The van der Waals surface area contributed by atoms with E-state index < -0.39 is 18.1 Å². The number of carbonyl (C=O) groups is 1. The van der Waals surface area contributed by atoms with Crippen molar-refractivity contribution in [3.63, 3.8) is 0 Å². The lowest BCUT2D eigenvalue weighted by Crippen LogP contribution is -2.47. The Bertz CT molecular complexity index is 506. The van der Waals surface area contributed by atoms with Gasteiger partial charge in [-0.25, -0.2) is 4.39 Å². The Morgan fingerprint density at radius 3 is 2.46 bits per heavy atom. The summed E-state index contributed by atoms with van der Waals surface area (Å²) in [5, 5.41) is 12.9. The number of hydrogen-bond donors (Lipinski definition) is 3. The first-order valence-corrected chi connectivity index (χ1v) is 8.47. The topological polar surface area (TPSA) is 75.3 Å². The molecule has 1 fully saturated rings. The standard InChI is InChI=1S/C18H27FN2O2.ClH/c1-12(14-7-9-15(19)10-8-14)21-18(23)17(22)16(20)11-13-5-3-2-4-6-13;/h7-10,12-13,16-17,22H,2-6,11,20H2,1H3,(H,21,23);1H/t12?,16-,17?;/m1./s1. The van der Waals surface area contributed by atoms with E-state index in [0.717, 1.165) is 18.4 Å². The molecule has 0 bridgehead atoms. The molecule has 6 heteroatoms. The molecule has 1 saturated carbocycles. The smallest absolute Gasteiger partial charge is 0.250 e. The van der Waals surface area contributed by atoms with Gasteiger partial charge >= 0.3 is 0 Å². The van der Waals surface area contributed by atoms with Crippen LogP contribution in [0.3, 0.4) is 0 Å². The van der Waals surface area contributed by atoms with Crippen molar-refractivity contribution in [2.24, 2.45) is 11.7 Å². The van der Waals surface area contributed by atoms with Gasteiger partial charge in [-0.05, 0) is 37.0 Å². The molecule has 136 valence electrons. The van der Waals surface area contributed by atoms with Crippen molar-refractivity contribution in [1.82, 2.24) is 5.32 Å². The molecule has 0 aliphatic heterocycles. The average molecular weight is 359 g/mol. The normalized spacial score (nSPS) is 19.0. The first kappa shape index (κ1) is 20.9. The van der Waals surface area contributed by atoms with Crippen molar-refractivity contribution >= 4 is 18.3 Å². The van der Waals surface area contributed by atoms with Gasteiger partial charge in [0.1, 0.15) is 11.9 Å². The van der Waals surface area contributed by atoms with Crippen LogP contribution in [-0.4, -0.2) is 23.2 Å². The van der Waals surface area contributed by atoms with E-state index in [-0.39, 0.29) is 24.3 Å². The van der Waals surface area contributed by atoms with E-state index in [9.17, 15) is 14.3 Å². The number of aliphatic hydroxyl groups excluding tert-OH is 1. The molecular formula is C18H28ClFN2O2. The summed E-state index contributed by atoms with van der Waals surface area (Å²) >= 11 is 0. The Balaban J connectivity index is 0.00000288.